The first kappa shape index (κ1) is 15.8. The standard InChI is InChI=1S/C29H22/c1-16-10-12-21-22-13-11-17(2)15-26(22)29(25(21)14-16)23-8-4-6-19-18(3)20-7-5-9-24(29)28(20)27(19)23/h4-15,18H,1-3H3. The van der Waals surface area contributed by atoms with E-state index in [1.165, 1.54) is 66.8 Å². The van der Waals surface area contributed by atoms with E-state index in [4.69, 9.17) is 0 Å². The third kappa shape index (κ3) is 1.58. The molecule has 0 nitrogen and oxygen atoms in total. The fourth-order valence-corrected chi connectivity index (χ4v) is 6.49. The minimum absolute atomic E-state index is 0.181. The highest BCUT2D eigenvalue weighted by Gasteiger charge is 2.54. The molecule has 138 valence electrons. The topological polar surface area (TPSA) is 0 Å². The van der Waals surface area contributed by atoms with Crippen LogP contribution in [0.5, 0.6) is 0 Å². The van der Waals surface area contributed by atoms with Gasteiger partial charge in [0.1, 0.15) is 0 Å². The maximum absolute atomic E-state index is 2.44. The van der Waals surface area contributed by atoms with Crippen molar-refractivity contribution in [2.24, 2.45) is 0 Å². The highest BCUT2D eigenvalue weighted by Crippen LogP contribution is 2.66. The molecule has 29 heavy (non-hydrogen) atoms. The van der Waals surface area contributed by atoms with Crippen LogP contribution in [0, 0.1) is 13.8 Å². The summed E-state index contributed by atoms with van der Waals surface area (Å²) >= 11 is 0. The van der Waals surface area contributed by atoms with Gasteiger partial charge < -0.3 is 0 Å². The SMILES string of the molecule is Cc1ccc2c(c1)C1(c3cc(C)ccc3-2)c2cccc3c2-c2c(cccc21)C3C. The molecule has 0 heteroatoms. The molecule has 0 bridgehead atoms. The van der Waals surface area contributed by atoms with E-state index in [9.17, 15) is 0 Å². The molecule has 0 aromatic heterocycles. The monoisotopic (exact) mass is 370 g/mol. The van der Waals surface area contributed by atoms with Gasteiger partial charge in [0, 0.05) is 5.92 Å². The summed E-state index contributed by atoms with van der Waals surface area (Å²) in [6.07, 6.45) is 0. The van der Waals surface area contributed by atoms with Gasteiger partial charge in [-0.1, -0.05) is 90.8 Å². The second-order valence-electron chi connectivity index (χ2n) is 9.11. The van der Waals surface area contributed by atoms with Crippen LogP contribution in [-0.2, 0) is 5.41 Å². The summed E-state index contributed by atoms with van der Waals surface area (Å²) in [5, 5.41) is 0. The number of hydrogen-bond acceptors (Lipinski definition) is 0. The van der Waals surface area contributed by atoms with Gasteiger partial charge in [-0.3, -0.25) is 0 Å². The van der Waals surface area contributed by atoms with Gasteiger partial charge >= 0.3 is 0 Å². The van der Waals surface area contributed by atoms with Gasteiger partial charge in [-0.2, -0.15) is 0 Å². The van der Waals surface area contributed by atoms with Crippen molar-refractivity contribution in [1.82, 2.24) is 0 Å². The third-order valence-electron chi connectivity index (χ3n) is 7.63. The Balaban J connectivity index is 1.75. The van der Waals surface area contributed by atoms with Crippen molar-refractivity contribution in [2.45, 2.75) is 32.1 Å². The van der Waals surface area contributed by atoms with Crippen LogP contribution in [0.2, 0.25) is 0 Å². The predicted molar refractivity (Wildman–Crippen MR) is 120 cm³/mol. The molecule has 0 N–H and O–H groups in total. The summed E-state index contributed by atoms with van der Waals surface area (Å²) < 4.78 is 0. The third-order valence-corrected chi connectivity index (χ3v) is 7.63. The highest BCUT2D eigenvalue weighted by atomic mass is 14.6. The van der Waals surface area contributed by atoms with Crippen molar-refractivity contribution in [2.75, 3.05) is 0 Å². The number of hydrogen-bond donors (Lipinski definition) is 0. The molecule has 0 fully saturated rings. The van der Waals surface area contributed by atoms with Crippen LogP contribution in [0.4, 0.5) is 0 Å². The zero-order chi connectivity index (χ0) is 19.5. The molecule has 0 amide bonds. The zero-order valence-corrected chi connectivity index (χ0v) is 17.0. The molecular formula is C29H22. The van der Waals surface area contributed by atoms with Crippen LogP contribution < -0.4 is 0 Å². The van der Waals surface area contributed by atoms with E-state index in [-0.39, 0.29) is 5.41 Å². The van der Waals surface area contributed by atoms with Gasteiger partial charge in [0.05, 0.1) is 5.41 Å². The van der Waals surface area contributed by atoms with Crippen molar-refractivity contribution in [3.05, 3.63) is 117 Å². The molecule has 0 radical (unpaired) electrons. The van der Waals surface area contributed by atoms with Crippen molar-refractivity contribution < 1.29 is 0 Å². The number of fused-ring (bicyclic) bond motifs is 7. The van der Waals surface area contributed by atoms with Gasteiger partial charge in [0.15, 0.2) is 0 Å². The molecule has 0 unspecified atom stereocenters. The largest absolute Gasteiger partial charge is 0.0725 e. The molecule has 0 aliphatic heterocycles. The van der Waals surface area contributed by atoms with Crippen LogP contribution in [0.1, 0.15) is 57.3 Å². The van der Waals surface area contributed by atoms with E-state index in [1.807, 2.05) is 0 Å². The lowest BCUT2D eigenvalue weighted by Gasteiger charge is -2.32. The van der Waals surface area contributed by atoms with E-state index in [2.05, 4.69) is 93.6 Å². The van der Waals surface area contributed by atoms with Gasteiger partial charge in [-0.15, -0.1) is 0 Å². The second kappa shape index (κ2) is 4.89. The Hall–Kier alpha value is -3.12. The molecule has 3 aliphatic rings. The predicted octanol–water partition coefficient (Wildman–Crippen LogP) is 7.11. The molecule has 4 aromatic rings. The molecule has 0 atom stereocenters. The Morgan fingerprint density at radius 2 is 1.07 bits per heavy atom. The Morgan fingerprint density at radius 3 is 1.55 bits per heavy atom. The van der Waals surface area contributed by atoms with Crippen LogP contribution in [-0.4, -0.2) is 0 Å². The van der Waals surface area contributed by atoms with Crippen molar-refractivity contribution in [3.8, 4) is 22.3 Å². The minimum atomic E-state index is -0.181. The molecule has 0 saturated heterocycles. The first-order valence-electron chi connectivity index (χ1n) is 10.6. The number of benzene rings is 4. The van der Waals surface area contributed by atoms with Crippen molar-refractivity contribution >= 4 is 0 Å². The normalized spacial score (nSPS) is 16.2. The zero-order valence-electron chi connectivity index (χ0n) is 17.0. The molecule has 1 spiro atoms. The van der Waals surface area contributed by atoms with Crippen LogP contribution in [0.3, 0.4) is 0 Å². The molecule has 0 saturated carbocycles. The van der Waals surface area contributed by atoms with Crippen LogP contribution in [0.15, 0.2) is 72.8 Å². The van der Waals surface area contributed by atoms with Gasteiger partial charge in [-0.25, -0.2) is 0 Å². The van der Waals surface area contributed by atoms with E-state index < -0.39 is 0 Å². The Labute approximate surface area is 171 Å². The van der Waals surface area contributed by atoms with E-state index in [0.29, 0.717) is 5.92 Å². The minimum Gasteiger partial charge on any atom is -0.0616 e. The molecular weight excluding hydrogens is 348 g/mol. The summed E-state index contributed by atoms with van der Waals surface area (Å²) in [6.45, 7) is 6.81. The van der Waals surface area contributed by atoms with E-state index >= 15 is 0 Å². The first-order chi connectivity index (χ1) is 14.1. The van der Waals surface area contributed by atoms with Gasteiger partial charge in [-0.05, 0) is 69.5 Å². The fourth-order valence-electron chi connectivity index (χ4n) is 6.49. The van der Waals surface area contributed by atoms with Crippen LogP contribution in [0.25, 0.3) is 22.3 Å². The fraction of sp³-hybridized carbons (Fsp3) is 0.172. The molecule has 3 aliphatic carbocycles. The molecule has 4 aromatic carbocycles. The summed E-state index contributed by atoms with van der Waals surface area (Å²) in [6, 6.07) is 28.1. The lowest BCUT2D eigenvalue weighted by atomic mass is 9.69. The maximum Gasteiger partial charge on any atom is 0.0725 e. The summed E-state index contributed by atoms with van der Waals surface area (Å²) in [7, 11) is 0. The van der Waals surface area contributed by atoms with Crippen molar-refractivity contribution in [3.63, 3.8) is 0 Å². The summed E-state index contributed by atoms with van der Waals surface area (Å²) in [5.74, 6) is 0.479. The van der Waals surface area contributed by atoms with Gasteiger partial charge in [0.2, 0.25) is 0 Å². The van der Waals surface area contributed by atoms with E-state index in [0.717, 1.165) is 0 Å². The molecule has 0 heterocycles. The Kier molecular flexibility index (Phi) is 2.66. The summed E-state index contributed by atoms with van der Waals surface area (Å²) in [5.41, 5.74) is 17.2. The van der Waals surface area contributed by atoms with Gasteiger partial charge in [0.25, 0.3) is 0 Å². The maximum atomic E-state index is 2.44. The summed E-state index contributed by atoms with van der Waals surface area (Å²) in [4.78, 5) is 0. The van der Waals surface area contributed by atoms with E-state index in [1.54, 1.807) is 0 Å². The van der Waals surface area contributed by atoms with Crippen molar-refractivity contribution in [1.29, 1.82) is 0 Å². The smallest absolute Gasteiger partial charge is 0.0616 e. The average Bonchev–Trinajstić information content (AvgIpc) is 3.30. The Morgan fingerprint density at radius 1 is 0.586 bits per heavy atom. The number of aryl methyl sites for hydroxylation is 2. The lowest BCUT2D eigenvalue weighted by molar-refractivity contribution is 0.783. The van der Waals surface area contributed by atoms with Crippen LogP contribution >= 0.6 is 0 Å². The Bertz CT molecular complexity index is 1280. The highest BCUT2D eigenvalue weighted by molar-refractivity contribution is 5.99. The first-order valence-corrected chi connectivity index (χ1v) is 10.6. The quantitative estimate of drug-likeness (QED) is 0.267. The second-order valence-corrected chi connectivity index (χ2v) is 9.11. The molecule has 7 rings (SSSR count). The lowest BCUT2D eigenvalue weighted by Crippen LogP contribution is -2.26. The number of rotatable bonds is 0. The average molecular weight is 370 g/mol.